The molecule has 0 aliphatic carbocycles. The van der Waals surface area contributed by atoms with Crippen molar-refractivity contribution in [3.05, 3.63) is 94.3 Å². The minimum atomic E-state index is -1.24. The summed E-state index contributed by atoms with van der Waals surface area (Å²) < 4.78 is 12.3. The van der Waals surface area contributed by atoms with Crippen LogP contribution in [0.5, 0.6) is 11.5 Å². The van der Waals surface area contributed by atoms with Gasteiger partial charge in [0.25, 0.3) is 0 Å². The number of carbonyl (C=O) groups is 5. The Labute approximate surface area is 401 Å². The number of benzene rings is 3. The van der Waals surface area contributed by atoms with Crippen molar-refractivity contribution in [3.63, 3.8) is 0 Å². The van der Waals surface area contributed by atoms with Gasteiger partial charge in [-0.25, -0.2) is 9.97 Å². The predicted molar refractivity (Wildman–Crippen MR) is 263 cm³/mol. The molecular weight excluding hydrogens is 869 g/mol. The standard InChI is InChI=1S/C51H64N8O7.H2S/c1-6-7-9-34-11-14-38(31(2)24-34)49-56-30-41(33(4)57-49)44(61)29-37(17-19-53)51(64)59(5)48-36-13-16-47(66-23-21-55)40(28-36)39-26-35(12-15-46(39)65-22-20-54)27-42(43(60)10-8-18-52)58-50(63)32(3)25-45(48)62;/h11-16,24,26,28,30,32,37,42,48H,6-10,17,19-23,25,27,29,53-55H2,1-5H3,(H,58,63);1H2/t32-,37-,42+,48+;/m1./s1. The number of likely N-dealkylation sites (N-methyl/N-ethyl adjacent to an activating group) is 1. The topological polar surface area (TPSA) is 247 Å². The number of nitrogens with zero attached hydrogens (tertiary/aromatic N) is 4. The minimum Gasteiger partial charge on any atom is -0.492 e. The molecule has 67 heavy (non-hydrogen) atoms. The lowest BCUT2D eigenvalue weighted by atomic mass is 9.88. The first kappa shape index (κ1) is 53.6. The lowest BCUT2D eigenvalue weighted by molar-refractivity contribution is -0.142. The van der Waals surface area contributed by atoms with Crippen LogP contribution in [0.3, 0.4) is 0 Å². The number of amides is 2. The number of Topliss-reactive ketones (excluding diaryl/α,β-unsaturated/α-hetero) is 3. The summed E-state index contributed by atoms with van der Waals surface area (Å²) >= 11 is 0. The Kier molecular flexibility index (Phi) is 20.6. The van der Waals surface area contributed by atoms with Crippen LogP contribution >= 0.6 is 13.5 Å². The number of aromatic nitrogens is 2. The summed E-state index contributed by atoms with van der Waals surface area (Å²) in [6, 6.07) is 16.5. The Balaban J connectivity index is 0.00000980. The van der Waals surface area contributed by atoms with Gasteiger partial charge in [-0.15, -0.1) is 0 Å². The zero-order chi connectivity index (χ0) is 47.9. The molecule has 3 aromatic carbocycles. The van der Waals surface area contributed by atoms with E-state index in [-0.39, 0.29) is 102 Å². The molecule has 5 rings (SSSR count). The van der Waals surface area contributed by atoms with E-state index in [1.807, 2.05) is 25.1 Å². The van der Waals surface area contributed by atoms with Crippen LogP contribution in [0.1, 0.15) is 103 Å². The molecule has 0 fully saturated rings. The molecule has 2 heterocycles. The van der Waals surface area contributed by atoms with Gasteiger partial charge in [0.05, 0.1) is 23.4 Å². The van der Waals surface area contributed by atoms with E-state index in [4.69, 9.17) is 31.7 Å². The Hall–Kier alpha value is -5.99. The number of ether oxygens (including phenoxy) is 2. The van der Waals surface area contributed by atoms with Crippen LogP contribution in [-0.2, 0) is 32.0 Å². The molecule has 15 nitrogen and oxygen atoms in total. The highest BCUT2D eigenvalue weighted by molar-refractivity contribution is 7.59. The second-order valence-electron chi connectivity index (χ2n) is 17.0. The van der Waals surface area contributed by atoms with E-state index in [9.17, 15) is 29.2 Å². The van der Waals surface area contributed by atoms with Gasteiger partial charge in [0.1, 0.15) is 30.8 Å². The molecule has 7 N–H and O–H groups in total. The Morgan fingerprint density at radius 3 is 2.24 bits per heavy atom. The third-order valence-electron chi connectivity index (χ3n) is 12.0. The van der Waals surface area contributed by atoms with Crippen LogP contribution in [0.4, 0.5) is 0 Å². The molecule has 4 aromatic rings. The molecule has 0 saturated heterocycles. The first-order valence-electron chi connectivity index (χ1n) is 22.8. The van der Waals surface area contributed by atoms with Gasteiger partial charge in [-0.1, -0.05) is 50.6 Å². The number of carbonyl (C=O) groups excluding carboxylic acids is 5. The number of unbranched alkanes of at least 4 members (excludes halogenated alkanes) is 1. The second-order valence-corrected chi connectivity index (χ2v) is 17.0. The van der Waals surface area contributed by atoms with Gasteiger partial charge in [0, 0.05) is 80.5 Å². The number of ketones is 3. The summed E-state index contributed by atoms with van der Waals surface area (Å²) in [5.74, 6) is -2.66. The monoisotopic (exact) mass is 934 g/mol. The third-order valence-corrected chi connectivity index (χ3v) is 12.0. The molecule has 0 saturated carbocycles. The van der Waals surface area contributed by atoms with E-state index in [1.165, 1.54) is 23.7 Å². The Bertz CT molecular complexity index is 2440. The van der Waals surface area contributed by atoms with Crippen LogP contribution in [0.2, 0.25) is 0 Å². The first-order chi connectivity index (χ1) is 31.7. The molecule has 1 aromatic heterocycles. The van der Waals surface area contributed by atoms with Crippen molar-refractivity contribution in [3.8, 4) is 40.1 Å². The van der Waals surface area contributed by atoms with Crippen molar-refractivity contribution in [2.24, 2.45) is 29.0 Å². The second kappa shape index (κ2) is 25.8. The van der Waals surface area contributed by atoms with Gasteiger partial charge in [-0.05, 0) is 92.6 Å². The van der Waals surface area contributed by atoms with Crippen molar-refractivity contribution in [1.29, 1.82) is 5.26 Å². The summed E-state index contributed by atoms with van der Waals surface area (Å²) in [5, 5.41) is 12.1. The van der Waals surface area contributed by atoms with Gasteiger partial charge in [0.15, 0.2) is 23.2 Å². The lowest BCUT2D eigenvalue weighted by Gasteiger charge is -2.32. The van der Waals surface area contributed by atoms with E-state index < -0.39 is 41.5 Å². The zero-order valence-electron chi connectivity index (χ0n) is 39.4. The fourth-order valence-corrected chi connectivity index (χ4v) is 8.36. The zero-order valence-corrected chi connectivity index (χ0v) is 40.4. The number of nitrogens with two attached hydrogens (primary N) is 3. The predicted octanol–water partition coefficient (Wildman–Crippen LogP) is 5.80. The van der Waals surface area contributed by atoms with E-state index in [0.717, 1.165) is 30.4 Å². The van der Waals surface area contributed by atoms with Crippen molar-refractivity contribution in [2.75, 3.05) is 39.9 Å². The van der Waals surface area contributed by atoms with Gasteiger partial charge < -0.3 is 36.9 Å². The maximum atomic E-state index is 14.8. The molecule has 0 radical (unpaired) electrons. The van der Waals surface area contributed by atoms with Crippen LogP contribution in [0.25, 0.3) is 22.5 Å². The quantitative estimate of drug-likeness (QED) is 0.0766. The van der Waals surface area contributed by atoms with Crippen LogP contribution in [0, 0.1) is 37.0 Å². The lowest BCUT2D eigenvalue weighted by Crippen LogP contribution is -2.46. The molecule has 4 atom stereocenters. The summed E-state index contributed by atoms with van der Waals surface area (Å²) in [6.45, 7) is 8.36. The van der Waals surface area contributed by atoms with Gasteiger partial charge in [0.2, 0.25) is 11.8 Å². The van der Waals surface area contributed by atoms with Gasteiger partial charge in [-0.2, -0.15) is 18.8 Å². The molecule has 4 bridgehead atoms. The highest BCUT2D eigenvalue weighted by Crippen LogP contribution is 2.41. The molecule has 0 unspecified atom stereocenters. The minimum absolute atomic E-state index is 0. The molecule has 0 spiro atoms. The van der Waals surface area contributed by atoms with E-state index in [1.54, 1.807) is 44.2 Å². The first-order valence-corrected chi connectivity index (χ1v) is 22.8. The summed E-state index contributed by atoms with van der Waals surface area (Å²) in [7, 11) is 1.50. The van der Waals surface area contributed by atoms with Gasteiger partial charge in [-0.3, -0.25) is 24.0 Å². The summed E-state index contributed by atoms with van der Waals surface area (Å²) in [5.41, 5.74) is 23.8. The number of aryl methyl sites for hydroxylation is 3. The van der Waals surface area contributed by atoms with Crippen LogP contribution in [-0.4, -0.2) is 90.0 Å². The fraction of sp³-hybridized carbons (Fsp3) is 0.451. The highest BCUT2D eigenvalue weighted by atomic mass is 32.1. The average Bonchev–Trinajstić information content (AvgIpc) is 3.30. The highest BCUT2D eigenvalue weighted by Gasteiger charge is 2.36. The Morgan fingerprint density at radius 2 is 1.61 bits per heavy atom. The van der Waals surface area contributed by atoms with E-state index >= 15 is 0 Å². The maximum Gasteiger partial charge on any atom is 0.226 e. The Morgan fingerprint density at radius 1 is 0.925 bits per heavy atom. The molecular formula is C51H66N8O7S. The number of hydrogen-bond acceptors (Lipinski definition) is 13. The maximum absolute atomic E-state index is 14.8. The van der Waals surface area contributed by atoms with E-state index in [0.29, 0.717) is 45.3 Å². The molecule has 358 valence electrons. The normalized spacial score (nSPS) is 16.4. The smallest absolute Gasteiger partial charge is 0.226 e. The molecule has 16 heteroatoms. The number of hydrogen-bond donors (Lipinski definition) is 4. The van der Waals surface area contributed by atoms with E-state index in [2.05, 4.69) is 29.4 Å². The van der Waals surface area contributed by atoms with Crippen molar-refractivity contribution >= 4 is 42.7 Å². The van der Waals surface area contributed by atoms with Crippen molar-refractivity contribution < 1.29 is 33.4 Å². The van der Waals surface area contributed by atoms with Crippen molar-refractivity contribution in [1.82, 2.24) is 20.2 Å². The van der Waals surface area contributed by atoms with Gasteiger partial charge >= 0.3 is 0 Å². The van der Waals surface area contributed by atoms with Crippen LogP contribution in [0.15, 0.2) is 60.8 Å². The number of rotatable bonds is 20. The van der Waals surface area contributed by atoms with Crippen LogP contribution < -0.4 is 32.0 Å². The SMILES string of the molecule is CCCCc1ccc(-c2ncc(C(=O)C[C@@H](CCN)C(=O)N(C)[C@@H]3C(=O)C[C@@H](C)C(=O)N[C@H](C(=O)CCC#N)Cc4ccc(OCCN)c(c4)-c4cc3ccc4OCCN)c(C)n2)c(C)c1.S. The number of fused-ring (bicyclic) bond motifs is 5. The number of nitriles is 1. The molecule has 2 amide bonds. The number of nitrogens with one attached hydrogen (secondary N) is 1. The fourth-order valence-electron chi connectivity index (χ4n) is 8.36. The molecule has 1 aliphatic rings. The largest absolute Gasteiger partial charge is 0.492 e. The average molecular weight is 935 g/mol. The van der Waals surface area contributed by atoms with Crippen molar-refractivity contribution in [2.45, 2.75) is 97.6 Å². The summed E-state index contributed by atoms with van der Waals surface area (Å²) in [4.78, 5) is 81.5. The third kappa shape index (κ3) is 13.8. The molecule has 1 aliphatic heterocycles. The summed E-state index contributed by atoms with van der Waals surface area (Å²) in [6.07, 6.45) is 4.31.